The molecule has 0 aliphatic rings. The Balaban J connectivity index is 1.49. The Morgan fingerprint density at radius 3 is 2.30 bits per heavy atom. The van der Waals surface area contributed by atoms with E-state index in [2.05, 4.69) is 10.6 Å². The van der Waals surface area contributed by atoms with Gasteiger partial charge in [-0.2, -0.15) is 0 Å². The number of carbonyl (C=O) groups is 3. The molecule has 7 nitrogen and oxygen atoms in total. The molecule has 3 rings (SSSR count). The van der Waals surface area contributed by atoms with Gasteiger partial charge in [0.1, 0.15) is 5.75 Å². The Kier molecular flexibility index (Phi) is 7.18. The Bertz CT molecular complexity index is 999. The molecule has 0 bridgehead atoms. The predicted octanol–water partition coefficient (Wildman–Crippen LogP) is 4.47. The van der Waals surface area contributed by atoms with Gasteiger partial charge < -0.3 is 20.1 Å². The third kappa shape index (κ3) is 5.92. The first kappa shape index (κ1) is 21.1. The first-order valence-electron chi connectivity index (χ1n) is 9.22. The first-order chi connectivity index (χ1) is 14.5. The van der Waals surface area contributed by atoms with Gasteiger partial charge in [-0.05, 0) is 60.3 Å². The van der Waals surface area contributed by atoms with Crippen LogP contribution in [-0.4, -0.2) is 24.6 Å². The van der Waals surface area contributed by atoms with Crippen molar-refractivity contribution in [2.75, 3.05) is 11.9 Å². The molecule has 0 saturated carbocycles. The molecule has 0 aliphatic carbocycles. The van der Waals surface area contributed by atoms with Gasteiger partial charge >= 0.3 is 6.16 Å². The molecule has 2 amide bonds. The van der Waals surface area contributed by atoms with Crippen molar-refractivity contribution >= 4 is 35.0 Å². The summed E-state index contributed by atoms with van der Waals surface area (Å²) in [5.74, 6) is -0.112. The van der Waals surface area contributed by atoms with Crippen molar-refractivity contribution in [2.24, 2.45) is 0 Å². The van der Waals surface area contributed by atoms with Gasteiger partial charge in [0.15, 0.2) is 0 Å². The number of amides is 2. The van der Waals surface area contributed by atoms with Gasteiger partial charge in [0.05, 0.1) is 11.5 Å². The zero-order valence-corrected chi connectivity index (χ0v) is 17.0. The van der Waals surface area contributed by atoms with Crippen molar-refractivity contribution in [1.29, 1.82) is 0 Å². The van der Waals surface area contributed by atoms with E-state index < -0.39 is 6.16 Å². The summed E-state index contributed by atoms with van der Waals surface area (Å²) >= 11 is 1.38. The lowest BCUT2D eigenvalue weighted by atomic mass is 10.1. The summed E-state index contributed by atoms with van der Waals surface area (Å²) in [6.07, 6.45) is -0.787. The molecular weight excluding hydrogens is 404 g/mol. The molecule has 8 heteroatoms. The van der Waals surface area contributed by atoms with Crippen molar-refractivity contribution < 1.29 is 23.9 Å². The van der Waals surface area contributed by atoms with Gasteiger partial charge in [0, 0.05) is 17.8 Å². The number of rotatable bonds is 7. The van der Waals surface area contributed by atoms with Crippen molar-refractivity contribution in [3.63, 3.8) is 0 Å². The van der Waals surface area contributed by atoms with E-state index in [-0.39, 0.29) is 18.4 Å². The lowest BCUT2D eigenvalue weighted by molar-refractivity contribution is 0.0950. The van der Waals surface area contributed by atoms with E-state index in [9.17, 15) is 14.4 Å². The maximum absolute atomic E-state index is 12.3. The number of thiophene rings is 1. The van der Waals surface area contributed by atoms with Gasteiger partial charge in [-0.3, -0.25) is 9.59 Å². The summed E-state index contributed by atoms with van der Waals surface area (Å²) in [4.78, 5) is 36.3. The quantitative estimate of drug-likeness (QED) is 0.431. The standard InChI is InChI=1S/C22H20N2O5S/c1-2-28-22(27)29-18-11-7-16(8-12-18)20(25)23-14-15-5-9-17(10-6-15)24-21(26)19-4-3-13-30-19/h3-13H,2,14H2,1H3,(H,23,25)(H,24,26). The van der Waals surface area contributed by atoms with E-state index in [0.29, 0.717) is 28.4 Å². The Hall–Kier alpha value is -3.65. The molecule has 1 heterocycles. The van der Waals surface area contributed by atoms with Crippen LogP contribution in [0.3, 0.4) is 0 Å². The van der Waals surface area contributed by atoms with E-state index in [0.717, 1.165) is 5.56 Å². The first-order valence-corrected chi connectivity index (χ1v) is 10.1. The zero-order chi connectivity index (χ0) is 21.3. The summed E-state index contributed by atoms with van der Waals surface area (Å²) in [6, 6.07) is 17.0. The van der Waals surface area contributed by atoms with Gasteiger partial charge in [-0.1, -0.05) is 18.2 Å². The molecule has 0 fully saturated rings. The van der Waals surface area contributed by atoms with Gasteiger partial charge in [-0.25, -0.2) is 4.79 Å². The van der Waals surface area contributed by atoms with Crippen LogP contribution in [-0.2, 0) is 11.3 Å². The average Bonchev–Trinajstić information content (AvgIpc) is 3.29. The second-order valence-electron chi connectivity index (χ2n) is 6.12. The highest BCUT2D eigenvalue weighted by Gasteiger charge is 2.09. The highest BCUT2D eigenvalue weighted by Crippen LogP contribution is 2.15. The number of nitrogens with one attached hydrogen (secondary N) is 2. The van der Waals surface area contributed by atoms with Crippen molar-refractivity contribution in [3.05, 3.63) is 82.0 Å². The fourth-order valence-corrected chi connectivity index (χ4v) is 3.13. The molecule has 1 aromatic heterocycles. The number of benzene rings is 2. The molecule has 0 unspecified atom stereocenters. The largest absolute Gasteiger partial charge is 0.513 e. The molecule has 0 spiro atoms. The number of anilines is 1. The molecule has 0 atom stereocenters. The van der Waals surface area contributed by atoms with E-state index >= 15 is 0 Å². The van der Waals surface area contributed by atoms with Crippen molar-refractivity contribution in [3.8, 4) is 5.75 Å². The Morgan fingerprint density at radius 1 is 0.933 bits per heavy atom. The summed E-state index contributed by atoms with van der Waals surface area (Å²) in [5.41, 5.74) is 2.01. The van der Waals surface area contributed by atoms with E-state index in [4.69, 9.17) is 9.47 Å². The van der Waals surface area contributed by atoms with Crippen LogP contribution in [0.15, 0.2) is 66.0 Å². The zero-order valence-electron chi connectivity index (χ0n) is 16.2. The van der Waals surface area contributed by atoms with Crippen LogP contribution >= 0.6 is 11.3 Å². The molecule has 0 aliphatic heterocycles. The molecule has 30 heavy (non-hydrogen) atoms. The Labute approximate surface area is 177 Å². The topological polar surface area (TPSA) is 93.7 Å². The SMILES string of the molecule is CCOC(=O)Oc1ccc(C(=O)NCc2ccc(NC(=O)c3cccs3)cc2)cc1. The molecule has 2 N–H and O–H groups in total. The highest BCUT2D eigenvalue weighted by atomic mass is 32.1. The van der Waals surface area contributed by atoms with Gasteiger partial charge in [0.2, 0.25) is 0 Å². The molecule has 2 aromatic carbocycles. The van der Waals surface area contributed by atoms with Crippen LogP contribution in [0.2, 0.25) is 0 Å². The molecular formula is C22H20N2O5S. The molecule has 0 radical (unpaired) electrons. The summed E-state index contributed by atoms with van der Waals surface area (Å²) < 4.78 is 9.66. The summed E-state index contributed by atoms with van der Waals surface area (Å²) in [5, 5.41) is 7.50. The van der Waals surface area contributed by atoms with Gasteiger partial charge in [0.25, 0.3) is 11.8 Å². The minimum atomic E-state index is -0.787. The van der Waals surface area contributed by atoms with E-state index in [1.165, 1.54) is 23.5 Å². The number of ether oxygens (including phenoxy) is 2. The molecule has 0 saturated heterocycles. The maximum Gasteiger partial charge on any atom is 0.513 e. The predicted molar refractivity (Wildman–Crippen MR) is 114 cm³/mol. The van der Waals surface area contributed by atoms with Crippen LogP contribution in [0.4, 0.5) is 10.5 Å². The van der Waals surface area contributed by atoms with Gasteiger partial charge in [-0.15, -0.1) is 11.3 Å². The monoisotopic (exact) mass is 424 g/mol. The van der Waals surface area contributed by atoms with E-state index in [1.54, 1.807) is 37.3 Å². The minimum absolute atomic E-state index is 0.151. The number of hydrogen-bond donors (Lipinski definition) is 2. The third-order valence-electron chi connectivity index (χ3n) is 3.99. The van der Waals surface area contributed by atoms with Crippen LogP contribution in [0, 0.1) is 0 Å². The smallest absolute Gasteiger partial charge is 0.434 e. The number of hydrogen-bond acceptors (Lipinski definition) is 6. The normalized spacial score (nSPS) is 10.2. The lowest BCUT2D eigenvalue weighted by Crippen LogP contribution is -2.22. The summed E-state index contributed by atoms with van der Waals surface area (Å²) in [6.45, 7) is 2.24. The minimum Gasteiger partial charge on any atom is -0.434 e. The van der Waals surface area contributed by atoms with Crippen LogP contribution in [0.25, 0.3) is 0 Å². The lowest BCUT2D eigenvalue weighted by Gasteiger charge is -2.08. The van der Waals surface area contributed by atoms with Crippen molar-refractivity contribution in [1.82, 2.24) is 5.32 Å². The molecule has 154 valence electrons. The third-order valence-corrected chi connectivity index (χ3v) is 4.86. The maximum atomic E-state index is 12.3. The number of carbonyl (C=O) groups excluding carboxylic acids is 3. The second kappa shape index (κ2) is 10.2. The van der Waals surface area contributed by atoms with Crippen LogP contribution < -0.4 is 15.4 Å². The van der Waals surface area contributed by atoms with Crippen LogP contribution in [0.5, 0.6) is 5.75 Å². The van der Waals surface area contributed by atoms with E-state index in [1.807, 2.05) is 23.6 Å². The molecule has 3 aromatic rings. The average molecular weight is 424 g/mol. The second-order valence-corrected chi connectivity index (χ2v) is 7.07. The highest BCUT2D eigenvalue weighted by molar-refractivity contribution is 7.12. The summed E-state index contributed by atoms with van der Waals surface area (Å²) in [7, 11) is 0. The Morgan fingerprint density at radius 2 is 1.67 bits per heavy atom. The fraction of sp³-hybridized carbons (Fsp3) is 0.136. The van der Waals surface area contributed by atoms with Crippen molar-refractivity contribution in [2.45, 2.75) is 13.5 Å². The fourth-order valence-electron chi connectivity index (χ4n) is 2.51. The van der Waals surface area contributed by atoms with Crippen LogP contribution in [0.1, 0.15) is 32.5 Å².